The quantitative estimate of drug-likeness (QED) is 0.815. The van der Waals surface area contributed by atoms with E-state index < -0.39 is 5.41 Å². The lowest BCUT2D eigenvalue weighted by atomic mass is 9.94. The number of hydrogen-bond acceptors (Lipinski definition) is 3. The Morgan fingerprint density at radius 1 is 1.31 bits per heavy atom. The van der Waals surface area contributed by atoms with E-state index in [1.54, 1.807) is 0 Å². The molecule has 2 rings (SSSR count). The fraction of sp³-hybridized carbons (Fsp3) is 0.417. The maximum atomic E-state index is 12.0. The van der Waals surface area contributed by atoms with Gasteiger partial charge in [0, 0.05) is 0 Å². The van der Waals surface area contributed by atoms with Crippen molar-refractivity contribution in [3.8, 4) is 0 Å². The second-order valence-electron chi connectivity index (χ2n) is 4.62. The third kappa shape index (κ3) is 1.65. The number of hydrogen-bond donors (Lipinski definition) is 1. The second kappa shape index (κ2) is 3.79. The van der Waals surface area contributed by atoms with Crippen LogP contribution in [0, 0.1) is 5.41 Å². The monoisotopic (exact) mass is 220 g/mol. The minimum Gasteiger partial charge on any atom is -0.374 e. The minimum atomic E-state index is -0.446. The molecule has 1 fully saturated rings. The van der Waals surface area contributed by atoms with Gasteiger partial charge in [0.05, 0.1) is 17.6 Å². The third-order valence-electron chi connectivity index (χ3n) is 2.84. The normalized spacial score (nSPS) is 19.3. The molecule has 1 aliphatic heterocycles. The molecule has 1 saturated heterocycles. The standard InChI is InChI=1S/C12H16N2O2/c1-12(2)8-13(14(9-15)11(12)16)10-6-4-3-5-7-10/h3-7,15H,8-9H2,1-2H3. The first kappa shape index (κ1) is 11.0. The average molecular weight is 220 g/mol. The van der Waals surface area contributed by atoms with Gasteiger partial charge in [-0.2, -0.15) is 0 Å². The molecule has 16 heavy (non-hydrogen) atoms. The van der Waals surface area contributed by atoms with E-state index in [1.807, 2.05) is 49.2 Å². The summed E-state index contributed by atoms with van der Waals surface area (Å²) in [6.07, 6.45) is 0. The van der Waals surface area contributed by atoms with E-state index in [4.69, 9.17) is 0 Å². The van der Waals surface area contributed by atoms with E-state index in [9.17, 15) is 9.90 Å². The lowest BCUT2D eigenvalue weighted by Gasteiger charge is -2.27. The molecule has 0 radical (unpaired) electrons. The highest BCUT2D eigenvalue weighted by Gasteiger charge is 2.44. The first-order valence-electron chi connectivity index (χ1n) is 5.31. The van der Waals surface area contributed by atoms with E-state index >= 15 is 0 Å². The molecule has 4 nitrogen and oxygen atoms in total. The molecule has 1 aliphatic rings. The van der Waals surface area contributed by atoms with E-state index in [-0.39, 0.29) is 12.6 Å². The summed E-state index contributed by atoms with van der Waals surface area (Å²) in [6.45, 7) is 4.09. The molecule has 1 amide bonds. The molecular formula is C12H16N2O2. The molecule has 1 N–H and O–H groups in total. The highest BCUT2D eigenvalue weighted by molar-refractivity contribution is 5.87. The number of amides is 1. The van der Waals surface area contributed by atoms with Crippen molar-refractivity contribution in [3.63, 3.8) is 0 Å². The molecular weight excluding hydrogens is 204 g/mol. The van der Waals surface area contributed by atoms with E-state index in [1.165, 1.54) is 5.01 Å². The Labute approximate surface area is 95.1 Å². The number of hydrazine groups is 1. The van der Waals surface area contributed by atoms with Gasteiger partial charge in [-0.05, 0) is 26.0 Å². The number of aliphatic hydroxyl groups is 1. The van der Waals surface area contributed by atoms with Gasteiger partial charge in [0.2, 0.25) is 0 Å². The number of para-hydroxylation sites is 1. The molecule has 0 aliphatic carbocycles. The highest BCUT2D eigenvalue weighted by atomic mass is 16.3. The lowest BCUT2D eigenvalue weighted by molar-refractivity contribution is -0.137. The summed E-state index contributed by atoms with van der Waals surface area (Å²) in [5.74, 6) is -0.0427. The van der Waals surface area contributed by atoms with Gasteiger partial charge in [-0.15, -0.1) is 0 Å². The maximum absolute atomic E-state index is 12.0. The van der Waals surface area contributed by atoms with E-state index in [0.717, 1.165) is 5.69 Å². The van der Waals surface area contributed by atoms with Crippen LogP contribution in [0.5, 0.6) is 0 Å². The predicted molar refractivity (Wildman–Crippen MR) is 61.5 cm³/mol. The van der Waals surface area contributed by atoms with Crippen LogP contribution in [-0.4, -0.2) is 29.3 Å². The van der Waals surface area contributed by atoms with Gasteiger partial charge in [-0.25, -0.2) is 5.01 Å². The average Bonchev–Trinajstić information content (AvgIpc) is 2.52. The van der Waals surface area contributed by atoms with Crippen molar-refractivity contribution < 1.29 is 9.90 Å². The Kier molecular flexibility index (Phi) is 2.59. The van der Waals surface area contributed by atoms with Gasteiger partial charge >= 0.3 is 0 Å². The number of aliphatic hydroxyl groups excluding tert-OH is 1. The molecule has 1 aromatic carbocycles. The van der Waals surface area contributed by atoms with E-state index in [2.05, 4.69) is 0 Å². The molecule has 0 saturated carbocycles. The summed E-state index contributed by atoms with van der Waals surface area (Å²) in [5, 5.41) is 12.5. The van der Waals surface area contributed by atoms with Gasteiger partial charge in [0.1, 0.15) is 6.73 Å². The molecule has 0 bridgehead atoms. The van der Waals surface area contributed by atoms with Crippen LogP contribution >= 0.6 is 0 Å². The van der Waals surface area contributed by atoms with Crippen molar-refractivity contribution in [3.05, 3.63) is 30.3 Å². The first-order chi connectivity index (χ1) is 7.56. The van der Waals surface area contributed by atoms with Crippen LogP contribution in [0.15, 0.2) is 30.3 Å². The van der Waals surface area contributed by atoms with Crippen molar-refractivity contribution >= 4 is 11.6 Å². The van der Waals surface area contributed by atoms with Crippen molar-refractivity contribution in [2.45, 2.75) is 13.8 Å². The third-order valence-corrected chi connectivity index (χ3v) is 2.84. The van der Waals surface area contributed by atoms with Crippen LogP contribution in [0.1, 0.15) is 13.8 Å². The summed E-state index contributed by atoms with van der Waals surface area (Å²) < 4.78 is 0. The molecule has 0 spiro atoms. The number of rotatable bonds is 2. The Bertz CT molecular complexity index is 389. The zero-order valence-corrected chi connectivity index (χ0v) is 9.55. The molecule has 0 unspecified atom stereocenters. The van der Waals surface area contributed by atoms with Crippen molar-refractivity contribution in [1.82, 2.24) is 5.01 Å². The van der Waals surface area contributed by atoms with Gasteiger partial charge < -0.3 is 5.11 Å². The summed E-state index contributed by atoms with van der Waals surface area (Å²) in [7, 11) is 0. The van der Waals surface area contributed by atoms with Gasteiger partial charge in [0.25, 0.3) is 5.91 Å². The van der Waals surface area contributed by atoms with Gasteiger partial charge in [-0.3, -0.25) is 9.80 Å². The Morgan fingerprint density at radius 2 is 1.94 bits per heavy atom. The maximum Gasteiger partial charge on any atom is 0.250 e. The zero-order valence-electron chi connectivity index (χ0n) is 9.55. The summed E-state index contributed by atoms with van der Waals surface area (Å²) >= 11 is 0. The topological polar surface area (TPSA) is 43.8 Å². The molecule has 86 valence electrons. The number of carbonyl (C=O) groups is 1. The summed E-state index contributed by atoms with van der Waals surface area (Å²) in [6, 6.07) is 9.62. The van der Waals surface area contributed by atoms with Crippen LogP contribution in [0.3, 0.4) is 0 Å². The molecule has 1 aromatic rings. The molecule has 0 aromatic heterocycles. The lowest BCUT2D eigenvalue weighted by Crippen LogP contribution is -2.40. The van der Waals surface area contributed by atoms with E-state index in [0.29, 0.717) is 6.54 Å². The van der Waals surface area contributed by atoms with Gasteiger partial charge in [-0.1, -0.05) is 18.2 Å². The number of carbonyl (C=O) groups excluding carboxylic acids is 1. The van der Waals surface area contributed by atoms with Crippen LogP contribution in [0.2, 0.25) is 0 Å². The van der Waals surface area contributed by atoms with Gasteiger partial charge in [0.15, 0.2) is 0 Å². The second-order valence-corrected chi connectivity index (χ2v) is 4.62. The van der Waals surface area contributed by atoms with Crippen molar-refractivity contribution in [2.75, 3.05) is 18.3 Å². The fourth-order valence-corrected chi connectivity index (χ4v) is 1.96. The molecule has 0 atom stereocenters. The minimum absolute atomic E-state index is 0.0427. The van der Waals surface area contributed by atoms with Crippen LogP contribution in [0.25, 0.3) is 0 Å². The molecule has 4 heteroatoms. The first-order valence-corrected chi connectivity index (χ1v) is 5.31. The SMILES string of the molecule is CC1(C)CN(c2ccccc2)N(CO)C1=O. The van der Waals surface area contributed by atoms with Crippen molar-refractivity contribution in [2.24, 2.45) is 5.41 Å². The Balaban J connectivity index is 2.33. The van der Waals surface area contributed by atoms with Crippen molar-refractivity contribution in [1.29, 1.82) is 0 Å². The largest absolute Gasteiger partial charge is 0.374 e. The molecule has 1 heterocycles. The summed E-state index contributed by atoms with van der Waals surface area (Å²) in [5.41, 5.74) is 0.481. The highest BCUT2D eigenvalue weighted by Crippen LogP contribution is 2.32. The Morgan fingerprint density at radius 3 is 2.50 bits per heavy atom. The van der Waals surface area contributed by atoms with Crippen LogP contribution < -0.4 is 5.01 Å². The fourth-order valence-electron chi connectivity index (χ4n) is 1.96. The van der Waals surface area contributed by atoms with Crippen LogP contribution in [-0.2, 0) is 4.79 Å². The Hall–Kier alpha value is -1.55. The smallest absolute Gasteiger partial charge is 0.250 e. The number of anilines is 1. The van der Waals surface area contributed by atoms with Crippen LogP contribution in [0.4, 0.5) is 5.69 Å². The predicted octanol–water partition coefficient (Wildman–Crippen LogP) is 1.23. The number of nitrogens with zero attached hydrogens (tertiary/aromatic N) is 2. The number of benzene rings is 1. The summed E-state index contributed by atoms with van der Waals surface area (Å²) in [4.78, 5) is 12.0. The zero-order chi connectivity index (χ0) is 11.8.